The van der Waals surface area contributed by atoms with Crippen molar-refractivity contribution in [1.82, 2.24) is 4.90 Å². The number of allylic oxidation sites excluding steroid dienone is 2. The van der Waals surface area contributed by atoms with Crippen molar-refractivity contribution in [2.75, 3.05) is 20.2 Å². The zero-order valence-corrected chi connectivity index (χ0v) is 14.6. The second kappa shape index (κ2) is 14.5. The van der Waals surface area contributed by atoms with Crippen LogP contribution in [-0.2, 0) is 9.53 Å². The molecule has 0 aliphatic carbocycles. The zero-order chi connectivity index (χ0) is 16.6. The lowest BCUT2D eigenvalue weighted by atomic mass is 10.2. The molecule has 2 N–H and O–H groups in total. The highest BCUT2D eigenvalue weighted by molar-refractivity contribution is 5.87. The molecule has 0 aromatic carbocycles. The Bertz CT molecular complexity index is 326. The molecule has 0 aromatic rings. The average Bonchev–Trinajstić information content (AvgIpc) is 2.53. The maximum Gasteiger partial charge on any atom is 0.353 e. The van der Waals surface area contributed by atoms with E-state index in [0.29, 0.717) is 0 Å². The Labute approximate surface area is 136 Å². The van der Waals surface area contributed by atoms with Gasteiger partial charge < -0.3 is 15.4 Å². The van der Waals surface area contributed by atoms with E-state index < -0.39 is 5.97 Å². The van der Waals surface area contributed by atoms with Gasteiger partial charge in [0.2, 0.25) is 0 Å². The van der Waals surface area contributed by atoms with Crippen molar-refractivity contribution in [3.63, 3.8) is 0 Å². The molecule has 0 saturated carbocycles. The van der Waals surface area contributed by atoms with Crippen LogP contribution in [0, 0.1) is 0 Å². The van der Waals surface area contributed by atoms with E-state index in [1.165, 1.54) is 58.5 Å². The number of hydrogen-bond donors (Lipinski definition) is 1. The fourth-order valence-corrected chi connectivity index (χ4v) is 2.20. The summed E-state index contributed by atoms with van der Waals surface area (Å²) in [4.78, 5) is 13.5. The Hall–Kier alpha value is -1.45. The maximum absolute atomic E-state index is 11.2. The molecule has 0 aliphatic heterocycles. The predicted molar refractivity (Wildman–Crippen MR) is 93.3 cm³/mol. The van der Waals surface area contributed by atoms with Crippen molar-refractivity contribution in [1.29, 1.82) is 0 Å². The highest BCUT2D eigenvalue weighted by Gasteiger charge is 2.02. The van der Waals surface area contributed by atoms with Crippen molar-refractivity contribution in [2.24, 2.45) is 5.73 Å². The van der Waals surface area contributed by atoms with Gasteiger partial charge in [0.05, 0.1) is 7.11 Å². The molecule has 22 heavy (non-hydrogen) atoms. The van der Waals surface area contributed by atoms with Crippen LogP contribution in [0.2, 0.25) is 0 Å². The van der Waals surface area contributed by atoms with Gasteiger partial charge in [0.25, 0.3) is 0 Å². The van der Waals surface area contributed by atoms with Crippen molar-refractivity contribution in [2.45, 2.75) is 65.2 Å². The minimum atomic E-state index is -0.484. The molecule has 4 nitrogen and oxygen atoms in total. The Balaban J connectivity index is 4.32. The minimum absolute atomic E-state index is 0.135. The number of nitrogens with zero attached hydrogens (tertiary/aromatic N) is 1. The minimum Gasteiger partial charge on any atom is -0.464 e. The third-order valence-electron chi connectivity index (χ3n) is 3.59. The van der Waals surface area contributed by atoms with Crippen LogP contribution in [0.25, 0.3) is 0 Å². The number of unbranched alkanes of at least 4 members (excludes halogenated alkanes) is 6. The maximum atomic E-state index is 11.2. The average molecular weight is 310 g/mol. The molecule has 0 aliphatic rings. The molecule has 0 spiro atoms. The third kappa shape index (κ3) is 11.2. The molecular weight excluding hydrogens is 276 g/mol. The van der Waals surface area contributed by atoms with E-state index in [0.717, 1.165) is 13.1 Å². The molecular formula is C18H34N2O2. The standard InChI is InChI=1S/C18H34N2O2/c1-4-6-8-10-14-20(15-11-9-7-5-2)16-12-13-17(19)18(21)22-3/h12-13,16H,4-11,14-15,19H2,1-3H3/b16-12+,17-13+. The summed E-state index contributed by atoms with van der Waals surface area (Å²) >= 11 is 0. The molecule has 0 bridgehead atoms. The van der Waals surface area contributed by atoms with E-state index in [4.69, 9.17) is 5.73 Å². The van der Waals surface area contributed by atoms with Gasteiger partial charge in [0, 0.05) is 13.1 Å². The van der Waals surface area contributed by atoms with E-state index in [9.17, 15) is 4.79 Å². The number of rotatable bonds is 13. The first kappa shape index (κ1) is 20.6. The molecule has 0 rings (SSSR count). The van der Waals surface area contributed by atoms with E-state index >= 15 is 0 Å². The molecule has 0 fully saturated rings. The number of ether oxygens (including phenoxy) is 1. The number of methoxy groups -OCH3 is 1. The van der Waals surface area contributed by atoms with Crippen LogP contribution in [0.5, 0.6) is 0 Å². The number of carbonyl (C=O) groups is 1. The molecule has 4 heteroatoms. The second-order valence-electron chi connectivity index (χ2n) is 5.61. The first-order valence-corrected chi connectivity index (χ1v) is 8.62. The van der Waals surface area contributed by atoms with E-state index in [1.54, 1.807) is 6.08 Å². The lowest BCUT2D eigenvalue weighted by Gasteiger charge is -2.20. The van der Waals surface area contributed by atoms with Crippen LogP contribution in [0.1, 0.15) is 65.2 Å². The van der Waals surface area contributed by atoms with Gasteiger partial charge in [-0.2, -0.15) is 0 Å². The van der Waals surface area contributed by atoms with Crippen LogP contribution < -0.4 is 5.73 Å². The number of carbonyl (C=O) groups excluding carboxylic acids is 1. The molecule has 0 heterocycles. The summed E-state index contributed by atoms with van der Waals surface area (Å²) in [5, 5.41) is 0. The molecule has 0 saturated heterocycles. The Morgan fingerprint density at radius 2 is 1.55 bits per heavy atom. The summed E-state index contributed by atoms with van der Waals surface area (Å²) in [7, 11) is 1.33. The fraction of sp³-hybridized carbons (Fsp3) is 0.722. The SMILES string of the molecule is CCCCCCN(/C=C/C=C(/N)C(=O)OC)CCCCCC. The summed E-state index contributed by atoms with van der Waals surface area (Å²) in [6.07, 6.45) is 15.5. The van der Waals surface area contributed by atoms with Gasteiger partial charge in [-0.1, -0.05) is 52.4 Å². The molecule has 0 radical (unpaired) electrons. The lowest BCUT2D eigenvalue weighted by Crippen LogP contribution is -2.20. The Kier molecular flexibility index (Phi) is 13.5. The van der Waals surface area contributed by atoms with Crippen molar-refractivity contribution in [3.8, 4) is 0 Å². The van der Waals surface area contributed by atoms with E-state index in [-0.39, 0.29) is 5.70 Å². The molecule has 0 aromatic heterocycles. The molecule has 0 unspecified atom stereocenters. The van der Waals surface area contributed by atoms with Crippen molar-refractivity contribution < 1.29 is 9.53 Å². The van der Waals surface area contributed by atoms with Crippen LogP contribution in [-0.4, -0.2) is 31.1 Å². The highest BCUT2D eigenvalue weighted by atomic mass is 16.5. The fourth-order valence-electron chi connectivity index (χ4n) is 2.20. The van der Waals surface area contributed by atoms with Gasteiger partial charge in [-0.15, -0.1) is 0 Å². The summed E-state index contributed by atoms with van der Waals surface area (Å²) < 4.78 is 4.57. The highest BCUT2D eigenvalue weighted by Crippen LogP contribution is 2.06. The van der Waals surface area contributed by atoms with Crippen molar-refractivity contribution >= 4 is 5.97 Å². The zero-order valence-electron chi connectivity index (χ0n) is 14.6. The van der Waals surface area contributed by atoms with E-state index in [1.807, 2.05) is 12.3 Å². The topological polar surface area (TPSA) is 55.6 Å². The summed E-state index contributed by atoms with van der Waals surface area (Å²) in [5.41, 5.74) is 5.74. The Morgan fingerprint density at radius 1 is 1.00 bits per heavy atom. The summed E-state index contributed by atoms with van der Waals surface area (Å²) in [6, 6.07) is 0. The largest absolute Gasteiger partial charge is 0.464 e. The normalized spacial score (nSPS) is 11.9. The quantitative estimate of drug-likeness (QED) is 0.242. The number of nitrogens with two attached hydrogens (primary N) is 1. The van der Waals surface area contributed by atoms with Crippen molar-refractivity contribution in [3.05, 3.63) is 24.0 Å². The van der Waals surface area contributed by atoms with Crippen LogP contribution in [0.4, 0.5) is 0 Å². The number of hydrogen-bond acceptors (Lipinski definition) is 4. The first-order valence-electron chi connectivity index (χ1n) is 8.62. The van der Waals surface area contributed by atoms with Gasteiger partial charge >= 0.3 is 5.97 Å². The van der Waals surface area contributed by atoms with Crippen LogP contribution in [0.15, 0.2) is 24.0 Å². The van der Waals surface area contributed by atoms with Gasteiger partial charge in [0.15, 0.2) is 0 Å². The summed E-state index contributed by atoms with van der Waals surface area (Å²) in [5.74, 6) is -0.484. The van der Waals surface area contributed by atoms with Crippen LogP contribution >= 0.6 is 0 Å². The second-order valence-corrected chi connectivity index (χ2v) is 5.61. The third-order valence-corrected chi connectivity index (χ3v) is 3.59. The Morgan fingerprint density at radius 3 is 2.00 bits per heavy atom. The molecule has 0 atom stereocenters. The monoisotopic (exact) mass is 310 g/mol. The smallest absolute Gasteiger partial charge is 0.353 e. The van der Waals surface area contributed by atoms with Gasteiger partial charge in [0.1, 0.15) is 5.70 Å². The molecule has 128 valence electrons. The van der Waals surface area contributed by atoms with E-state index in [2.05, 4.69) is 23.5 Å². The summed E-state index contributed by atoms with van der Waals surface area (Å²) in [6.45, 7) is 6.58. The van der Waals surface area contributed by atoms with Gasteiger partial charge in [-0.05, 0) is 31.2 Å². The first-order chi connectivity index (χ1) is 10.7. The molecule has 0 amide bonds. The van der Waals surface area contributed by atoms with Gasteiger partial charge in [-0.3, -0.25) is 0 Å². The lowest BCUT2D eigenvalue weighted by molar-refractivity contribution is -0.136. The van der Waals surface area contributed by atoms with Crippen LogP contribution in [0.3, 0.4) is 0 Å². The van der Waals surface area contributed by atoms with Gasteiger partial charge in [-0.25, -0.2) is 4.79 Å². The predicted octanol–water partition coefficient (Wildman–Crippen LogP) is 3.98. The number of esters is 1.